The van der Waals surface area contributed by atoms with Gasteiger partial charge in [-0.15, -0.1) is 0 Å². The second-order valence-corrected chi connectivity index (χ2v) is 5.84. The van der Waals surface area contributed by atoms with E-state index in [1.54, 1.807) is 16.1 Å². The lowest BCUT2D eigenvalue weighted by Crippen LogP contribution is -2.57. The minimum absolute atomic E-state index is 0.0301. The molecule has 5 nitrogen and oxygen atoms in total. The van der Waals surface area contributed by atoms with Crippen molar-refractivity contribution in [1.82, 2.24) is 9.80 Å². The number of carbonyl (C=O) groups excluding carboxylic acids is 2. The summed E-state index contributed by atoms with van der Waals surface area (Å²) in [6, 6.07) is -0.244. The van der Waals surface area contributed by atoms with Gasteiger partial charge in [-0.1, -0.05) is 0 Å². The lowest BCUT2D eigenvalue weighted by Gasteiger charge is -2.36. The number of amides is 2. The van der Waals surface area contributed by atoms with Crippen LogP contribution in [0.5, 0.6) is 0 Å². The molecule has 2 fully saturated rings. The molecule has 2 aliphatic heterocycles. The third-order valence-electron chi connectivity index (χ3n) is 3.14. The van der Waals surface area contributed by atoms with Gasteiger partial charge in [0, 0.05) is 35.9 Å². The van der Waals surface area contributed by atoms with Gasteiger partial charge in [0.05, 0.1) is 6.54 Å². The topological polar surface area (TPSA) is 57.7 Å². The fraction of sp³-hybridized carbons (Fsp3) is 0.800. The van der Waals surface area contributed by atoms with E-state index in [9.17, 15) is 13.8 Å². The summed E-state index contributed by atoms with van der Waals surface area (Å²) in [5.41, 5.74) is 0. The van der Waals surface area contributed by atoms with Crippen LogP contribution < -0.4 is 0 Å². The number of piperazine rings is 1. The summed E-state index contributed by atoms with van der Waals surface area (Å²) in [6.45, 7) is 1.30. The normalized spacial score (nSPS) is 27.2. The van der Waals surface area contributed by atoms with E-state index in [4.69, 9.17) is 0 Å². The Balaban J connectivity index is 2.02. The molecule has 2 unspecified atom stereocenters. The predicted octanol–water partition coefficient (Wildman–Crippen LogP) is -0.802. The number of hydrogen-bond donors (Lipinski definition) is 0. The van der Waals surface area contributed by atoms with Crippen LogP contribution in [0, 0.1) is 0 Å². The third-order valence-corrected chi connectivity index (χ3v) is 3.90. The lowest BCUT2D eigenvalue weighted by molar-refractivity contribution is -0.153. The fourth-order valence-electron chi connectivity index (χ4n) is 2.29. The van der Waals surface area contributed by atoms with Crippen molar-refractivity contribution in [3.05, 3.63) is 0 Å². The van der Waals surface area contributed by atoms with Crippen molar-refractivity contribution in [3.8, 4) is 0 Å². The smallest absolute Gasteiger partial charge is 0.245 e. The summed E-state index contributed by atoms with van der Waals surface area (Å²) in [7, 11) is -0.919. The minimum Gasteiger partial charge on any atom is -0.331 e. The van der Waals surface area contributed by atoms with Gasteiger partial charge < -0.3 is 9.80 Å². The maximum Gasteiger partial charge on any atom is 0.245 e. The monoisotopic (exact) mass is 244 g/mol. The average Bonchev–Trinajstić information content (AvgIpc) is 2.70. The molecule has 0 spiro atoms. The van der Waals surface area contributed by atoms with E-state index >= 15 is 0 Å². The fourth-order valence-corrected chi connectivity index (χ4v) is 2.77. The third kappa shape index (κ3) is 2.11. The molecule has 2 amide bonds. The van der Waals surface area contributed by atoms with Crippen LogP contribution in [0.25, 0.3) is 0 Å². The summed E-state index contributed by atoms with van der Waals surface area (Å²) in [5, 5.41) is 0. The Kier molecular flexibility index (Phi) is 3.28. The lowest BCUT2D eigenvalue weighted by atomic mass is 10.1. The Morgan fingerprint density at radius 3 is 2.88 bits per heavy atom. The summed E-state index contributed by atoms with van der Waals surface area (Å²) in [5.74, 6) is 0.512. The largest absolute Gasteiger partial charge is 0.331 e. The van der Waals surface area contributed by atoms with Gasteiger partial charge in [0.1, 0.15) is 6.04 Å². The van der Waals surface area contributed by atoms with Crippen LogP contribution in [0.15, 0.2) is 0 Å². The van der Waals surface area contributed by atoms with Crippen molar-refractivity contribution in [3.63, 3.8) is 0 Å². The van der Waals surface area contributed by atoms with Crippen LogP contribution in [0.1, 0.15) is 12.8 Å². The van der Waals surface area contributed by atoms with E-state index in [-0.39, 0.29) is 24.4 Å². The van der Waals surface area contributed by atoms with E-state index in [0.717, 1.165) is 12.8 Å². The minimum atomic E-state index is -0.919. The molecule has 16 heavy (non-hydrogen) atoms. The molecule has 2 aliphatic rings. The number of nitrogens with zero attached hydrogens (tertiary/aromatic N) is 2. The molecule has 0 aliphatic carbocycles. The first kappa shape index (κ1) is 11.6. The number of fused-ring (bicyclic) bond motifs is 1. The molecule has 2 rings (SSSR count). The van der Waals surface area contributed by atoms with Gasteiger partial charge in [0.25, 0.3) is 0 Å². The van der Waals surface area contributed by atoms with Crippen LogP contribution in [-0.2, 0) is 20.4 Å². The van der Waals surface area contributed by atoms with Crippen molar-refractivity contribution in [2.24, 2.45) is 0 Å². The maximum atomic E-state index is 12.0. The molecular formula is C10H16N2O3S. The highest BCUT2D eigenvalue weighted by molar-refractivity contribution is 7.84. The Labute approximate surface area is 97.2 Å². The highest BCUT2D eigenvalue weighted by Gasteiger charge is 2.41. The molecule has 2 atom stereocenters. The van der Waals surface area contributed by atoms with E-state index in [0.29, 0.717) is 18.8 Å². The first-order valence-corrected chi connectivity index (χ1v) is 7.20. The first-order valence-electron chi connectivity index (χ1n) is 5.48. The van der Waals surface area contributed by atoms with Crippen LogP contribution in [-0.4, -0.2) is 63.5 Å². The van der Waals surface area contributed by atoms with Gasteiger partial charge >= 0.3 is 0 Å². The second-order valence-electron chi connectivity index (χ2n) is 4.28. The van der Waals surface area contributed by atoms with Crippen molar-refractivity contribution in [2.45, 2.75) is 18.9 Å². The molecule has 0 bridgehead atoms. The van der Waals surface area contributed by atoms with E-state index in [1.807, 2.05) is 0 Å². The van der Waals surface area contributed by atoms with Gasteiger partial charge in [0.15, 0.2) is 0 Å². The van der Waals surface area contributed by atoms with Gasteiger partial charge in [0.2, 0.25) is 11.8 Å². The van der Waals surface area contributed by atoms with E-state index in [2.05, 4.69) is 0 Å². The summed E-state index contributed by atoms with van der Waals surface area (Å²) in [4.78, 5) is 27.0. The predicted molar refractivity (Wildman–Crippen MR) is 60.2 cm³/mol. The highest BCUT2D eigenvalue weighted by atomic mass is 32.2. The molecule has 0 saturated carbocycles. The molecule has 2 heterocycles. The van der Waals surface area contributed by atoms with E-state index in [1.165, 1.54) is 0 Å². The molecule has 0 N–H and O–H groups in total. The van der Waals surface area contributed by atoms with Crippen LogP contribution in [0.4, 0.5) is 0 Å². The molecule has 6 heteroatoms. The van der Waals surface area contributed by atoms with Crippen LogP contribution in [0.2, 0.25) is 0 Å². The molecule has 90 valence electrons. The molecule has 2 saturated heterocycles. The Hall–Kier alpha value is -0.910. The van der Waals surface area contributed by atoms with Crippen molar-refractivity contribution >= 4 is 22.6 Å². The summed E-state index contributed by atoms with van der Waals surface area (Å²) < 4.78 is 11.0. The quantitative estimate of drug-likeness (QED) is 0.653. The van der Waals surface area contributed by atoms with Crippen molar-refractivity contribution < 1.29 is 13.8 Å². The average molecular weight is 244 g/mol. The Morgan fingerprint density at radius 1 is 1.44 bits per heavy atom. The molecule has 0 aromatic carbocycles. The standard InChI is InChI=1S/C10H16N2O3S/c1-16(15)6-5-11-7-9(13)12-4-2-3-8(12)10(11)14/h8H,2-7H2,1H3. The van der Waals surface area contributed by atoms with Crippen LogP contribution >= 0.6 is 0 Å². The Morgan fingerprint density at radius 2 is 2.19 bits per heavy atom. The zero-order valence-corrected chi connectivity index (χ0v) is 10.2. The maximum absolute atomic E-state index is 12.0. The van der Waals surface area contributed by atoms with Gasteiger partial charge in [-0.25, -0.2) is 0 Å². The van der Waals surface area contributed by atoms with Gasteiger partial charge in [-0.05, 0) is 12.8 Å². The summed E-state index contributed by atoms with van der Waals surface area (Å²) >= 11 is 0. The van der Waals surface area contributed by atoms with Gasteiger partial charge in [-0.3, -0.25) is 13.8 Å². The number of carbonyl (C=O) groups is 2. The second kappa shape index (κ2) is 4.53. The van der Waals surface area contributed by atoms with Gasteiger partial charge in [-0.2, -0.15) is 0 Å². The number of hydrogen-bond acceptors (Lipinski definition) is 3. The zero-order valence-electron chi connectivity index (χ0n) is 9.35. The molecule has 0 aromatic heterocycles. The van der Waals surface area contributed by atoms with Crippen LogP contribution in [0.3, 0.4) is 0 Å². The molecule has 0 radical (unpaired) electrons. The number of rotatable bonds is 3. The zero-order chi connectivity index (χ0) is 11.7. The molecular weight excluding hydrogens is 228 g/mol. The summed E-state index contributed by atoms with van der Waals surface area (Å²) in [6.07, 6.45) is 3.30. The SMILES string of the molecule is CS(=O)CCN1CC(=O)N2CCCC2C1=O. The Bertz CT molecular complexity index is 345. The van der Waals surface area contributed by atoms with Crippen molar-refractivity contribution in [2.75, 3.05) is 31.6 Å². The molecule has 0 aromatic rings. The van der Waals surface area contributed by atoms with E-state index < -0.39 is 10.8 Å². The van der Waals surface area contributed by atoms with Crippen molar-refractivity contribution in [1.29, 1.82) is 0 Å². The highest BCUT2D eigenvalue weighted by Crippen LogP contribution is 2.23. The first-order chi connectivity index (χ1) is 7.59.